The minimum Gasteiger partial charge on any atom is -0.317 e. The summed E-state index contributed by atoms with van der Waals surface area (Å²) in [5.41, 5.74) is 0.502. The Bertz CT molecular complexity index is 498. The molecule has 2 rings (SSSR count). The first kappa shape index (κ1) is 15.2. The summed E-state index contributed by atoms with van der Waals surface area (Å²) in [6.07, 6.45) is 4.93. The average Bonchev–Trinajstić information content (AvgIpc) is 2.46. The molecule has 112 valence electrons. The van der Waals surface area contributed by atoms with Crippen LogP contribution in [0.1, 0.15) is 19.8 Å². The molecule has 1 saturated heterocycles. The maximum absolute atomic E-state index is 12.2. The van der Waals surface area contributed by atoms with Crippen LogP contribution >= 0.6 is 0 Å². The van der Waals surface area contributed by atoms with Gasteiger partial charge in [-0.25, -0.2) is 0 Å². The maximum Gasteiger partial charge on any atom is 0.301 e. The number of anilines is 1. The van der Waals surface area contributed by atoms with Crippen molar-refractivity contribution in [2.24, 2.45) is 5.92 Å². The highest BCUT2D eigenvalue weighted by Gasteiger charge is 2.27. The average molecular weight is 298 g/mol. The van der Waals surface area contributed by atoms with Gasteiger partial charge in [-0.05, 0) is 44.0 Å². The number of nitrogens with one attached hydrogen (secondary N) is 2. The van der Waals surface area contributed by atoms with Crippen LogP contribution in [-0.2, 0) is 10.2 Å². The summed E-state index contributed by atoms with van der Waals surface area (Å²) in [4.78, 5) is 3.91. The topological polar surface area (TPSA) is 74.3 Å². The lowest BCUT2D eigenvalue weighted by Gasteiger charge is -2.31. The van der Waals surface area contributed by atoms with Crippen molar-refractivity contribution in [1.82, 2.24) is 14.6 Å². The lowest BCUT2D eigenvalue weighted by molar-refractivity contribution is 0.269. The van der Waals surface area contributed by atoms with Crippen LogP contribution in [0.25, 0.3) is 0 Å². The van der Waals surface area contributed by atoms with E-state index in [9.17, 15) is 8.42 Å². The van der Waals surface area contributed by atoms with E-state index in [4.69, 9.17) is 0 Å². The normalized spacial score (nSPS) is 18.1. The summed E-state index contributed by atoms with van der Waals surface area (Å²) in [5.74, 6) is 0.569. The molecule has 1 aromatic rings. The Hall–Kier alpha value is -1.18. The third-order valence-electron chi connectivity index (χ3n) is 3.50. The number of rotatable bonds is 6. The van der Waals surface area contributed by atoms with Crippen molar-refractivity contribution >= 4 is 15.9 Å². The molecule has 0 amide bonds. The first-order valence-corrected chi connectivity index (χ1v) is 8.44. The van der Waals surface area contributed by atoms with Crippen LogP contribution in [0.3, 0.4) is 0 Å². The molecule has 0 unspecified atom stereocenters. The molecule has 7 heteroatoms. The Morgan fingerprint density at radius 2 is 2.15 bits per heavy atom. The number of piperidine rings is 1. The lowest BCUT2D eigenvalue weighted by atomic mass is 9.98. The summed E-state index contributed by atoms with van der Waals surface area (Å²) < 4.78 is 28.6. The quantitative estimate of drug-likeness (QED) is 0.823. The molecule has 0 saturated carbocycles. The van der Waals surface area contributed by atoms with Crippen LogP contribution in [0.4, 0.5) is 5.69 Å². The van der Waals surface area contributed by atoms with E-state index in [2.05, 4.69) is 21.9 Å². The predicted octanol–water partition coefficient (Wildman–Crippen LogP) is 1.06. The van der Waals surface area contributed by atoms with Crippen molar-refractivity contribution in [1.29, 1.82) is 0 Å². The summed E-state index contributed by atoms with van der Waals surface area (Å²) in [7, 11) is -3.46. The van der Waals surface area contributed by atoms with Crippen molar-refractivity contribution in [3.8, 4) is 0 Å². The Kier molecular flexibility index (Phi) is 5.33. The van der Waals surface area contributed by atoms with Gasteiger partial charge in [0, 0.05) is 19.3 Å². The Labute approximate surface area is 120 Å². The monoisotopic (exact) mass is 298 g/mol. The lowest BCUT2D eigenvalue weighted by Crippen LogP contribution is -2.43. The van der Waals surface area contributed by atoms with E-state index < -0.39 is 10.2 Å². The second kappa shape index (κ2) is 7.01. The fourth-order valence-corrected chi connectivity index (χ4v) is 3.58. The number of aromatic nitrogens is 1. The highest BCUT2D eigenvalue weighted by molar-refractivity contribution is 7.90. The zero-order valence-electron chi connectivity index (χ0n) is 11.7. The molecule has 0 radical (unpaired) electrons. The Morgan fingerprint density at radius 3 is 2.75 bits per heavy atom. The second-order valence-corrected chi connectivity index (χ2v) is 6.67. The van der Waals surface area contributed by atoms with Gasteiger partial charge in [-0.1, -0.05) is 6.92 Å². The zero-order chi connectivity index (χ0) is 14.4. The molecule has 1 aliphatic heterocycles. The van der Waals surface area contributed by atoms with Crippen LogP contribution < -0.4 is 10.0 Å². The number of hydrogen-bond acceptors (Lipinski definition) is 4. The van der Waals surface area contributed by atoms with Crippen molar-refractivity contribution in [2.45, 2.75) is 19.8 Å². The second-order valence-electron chi connectivity index (χ2n) is 5.00. The number of nitrogens with zero attached hydrogens (tertiary/aromatic N) is 2. The molecule has 0 aliphatic carbocycles. The van der Waals surface area contributed by atoms with Gasteiger partial charge in [0.2, 0.25) is 0 Å². The SMILES string of the molecule is CCNCC1CCN(S(=O)(=O)Nc2cccnc2)CC1. The molecule has 0 spiro atoms. The van der Waals surface area contributed by atoms with Gasteiger partial charge in [0.05, 0.1) is 11.9 Å². The van der Waals surface area contributed by atoms with Gasteiger partial charge in [0.15, 0.2) is 0 Å². The minimum absolute atomic E-state index is 0.502. The van der Waals surface area contributed by atoms with E-state index in [0.717, 1.165) is 25.9 Å². The largest absolute Gasteiger partial charge is 0.317 e. The summed E-state index contributed by atoms with van der Waals surface area (Å²) >= 11 is 0. The van der Waals surface area contributed by atoms with Crippen LogP contribution in [-0.4, -0.2) is 43.9 Å². The molecule has 1 fully saturated rings. The summed E-state index contributed by atoms with van der Waals surface area (Å²) in [6, 6.07) is 3.41. The van der Waals surface area contributed by atoms with Gasteiger partial charge in [0.25, 0.3) is 0 Å². The minimum atomic E-state index is -3.46. The van der Waals surface area contributed by atoms with Crippen molar-refractivity contribution in [3.63, 3.8) is 0 Å². The molecule has 1 aliphatic rings. The highest BCUT2D eigenvalue weighted by Crippen LogP contribution is 2.20. The van der Waals surface area contributed by atoms with Crippen molar-refractivity contribution in [2.75, 3.05) is 30.9 Å². The van der Waals surface area contributed by atoms with Crippen LogP contribution in [0.5, 0.6) is 0 Å². The smallest absolute Gasteiger partial charge is 0.301 e. The van der Waals surface area contributed by atoms with E-state index in [1.807, 2.05) is 0 Å². The van der Waals surface area contributed by atoms with Gasteiger partial charge in [-0.3, -0.25) is 9.71 Å². The maximum atomic E-state index is 12.2. The number of pyridine rings is 1. The molecule has 0 atom stereocenters. The zero-order valence-corrected chi connectivity index (χ0v) is 12.6. The third kappa shape index (κ3) is 4.16. The van der Waals surface area contributed by atoms with Gasteiger partial charge >= 0.3 is 10.2 Å². The van der Waals surface area contributed by atoms with Gasteiger partial charge in [-0.2, -0.15) is 12.7 Å². The van der Waals surface area contributed by atoms with Gasteiger partial charge < -0.3 is 5.32 Å². The van der Waals surface area contributed by atoms with Crippen LogP contribution in [0.15, 0.2) is 24.5 Å². The van der Waals surface area contributed by atoms with Crippen molar-refractivity contribution in [3.05, 3.63) is 24.5 Å². The standard InChI is InChI=1S/C13H22N4O2S/c1-2-14-10-12-5-8-17(9-6-12)20(18,19)16-13-4-3-7-15-11-13/h3-4,7,11-12,14,16H,2,5-6,8-10H2,1H3. The van der Waals surface area contributed by atoms with E-state index in [-0.39, 0.29) is 0 Å². The highest BCUT2D eigenvalue weighted by atomic mass is 32.2. The molecular formula is C13H22N4O2S. The third-order valence-corrected chi connectivity index (χ3v) is 5.04. The van der Waals surface area contributed by atoms with E-state index in [1.165, 1.54) is 10.5 Å². The van der Waals surface area contributed by atoms with Crippen LogP contribution in [0.2, 0.25) is 0 Å². The van der Waals surface area contributed by atoms with E-state index in [0.29, 0.717) is 24.7 Å². The fraction of sp³-hybridized carbons (Fsp3) is 0.615. The molecule has 0 aromatic carbocycles. The van der Waals surface area contributed by atoms with Crippen molar-refractivity contribution < 1.29 is 8.42 Å². The Balaban J connectivity index is 1.89. The van der Waals surface area contributed by atoms with Gasteiger partial charge in [-0.15, -0.1) is 0 Å². The predicted molar refractivity (Wildman–Crippen MR) is 79.6 cm³/mol. The van der Waals surface area contributed by atoms with E-state index >= 15 is 0 Å². The molecular weight excluding hydrogens is 276 g/mol. The van der Waals surface area contributed by atoms with Gasteiger partial charge in [0.1, 0.15) is 0 Å². The summed E-state index contributed by atoms with van der Waals surface area (Å²) in [5, 5.41) is 3.32. The van der Waals surface area contributed by atoms with Crippen LogP contribution in [0, 0.1) is 5.92 Å². The molecule has 2 heterocycles. The molecule has 6 nitrogen and oxygen atoms in total. The molecule has 20 heavy (non-hydrogen) atoms. The first-order valence-electron chi connectivity index (χ1n) is 7.00. The first-order chi connectivity index (χ1) is 9.62. The molecule has 1 aromatic heterocycles. The summed E-state index contributed by atoms with van der Waals surface area (Å²) in [6.45, 7) is 5.16. The van der Waals surface area contributed by atoms with E-state index in [1.54, 1.807) is 18.3 Å². The molecule has 2 N–H and O–H groups in total. The fourth-order valence-electron chi connectivity index (χ4n) is 2.34. The molecule has 0 bridgehead atoms. The Morgan fingerprint density at radius 1 is 1.40 bits per heavy atom. The number of hydrogen-bond donors (Lipinski definition) is 2.